The molecule has 2 aromatic carbocycles. The minimum Gasteiger partial charge on any atom is -0.497 e. The molecule has 5 nitrogen and oxygen atoms in total. The largest absolute Gasteiger partial charge is 0.497 e. The van der Waals surface area contributed by atoms with Gasteiger partial charge in [0.1, 0.15) is 11.4 Å². The molecule has 0 aliphatic rings. The van der Waals surface area contributed by atoms with Crippen molar-refractivity contribution < 1.29 is 9.84 Å². The highest BCUT2D eigenvalue weighted by atomic mass is 16.5. The Balaban J connectivity index is 1.72. The smallest absolute Gasteiger partial charge is 0.119 e. The molecule has 3 aromatic rings. The SMILES string of the molecule is COc1ccc2cc(C(C)NCC(C)(O)c3cnn(C)c3)ccc2c1. The summed E-state index contributed by atoms with van der Waals surface area (Å²) in [5, 5.41) is 20.6. The van der Waals surface area contributed by atoms with Crippen LogP contribution in [0.1, 0.15) is 31.0 Å². The van der Waals surface area contributed by atoms with Crippen LogP contribution in [-0.4, -0.2) is 28.5 Å². The van der Waals surface area contributed by atoms with Gasteiger partial charge in [0, 0.05) is 31.4 Å². The molecule has 2 atom stereocenters. The number of rotatable bonds is 6. The van der Waals surface area contributed by atoms with Crippen molar-refractivity contribution in [2.45, 2.75) is 25.5 Å². The number of hydrogen-bond acceptors (Lipinski definition) is 4. The molecular weight excluding hydrogens is 314 g/mol. The van der Waals surface area contributed by atoms with Gasteiger partial charge in [-0.25, -0.2) is 0 Å². The number of ether oxygens (including phenoxy) is 1. The summed E-state index contributed by atoms with van der Waals surface area (Å²) in [6.07, 6.45) is 3.55. The van der Waals surface area contributed by atoms with E-state index >= 15 is 0 Å². The van der Waals surface area contributed by atoms with Crippen LogP contribution in [-0.2, 0) is 12.6 Å². The van der Waals surface area contributed by atoms with Crippen molar-refractivity contribution in [3.05, 3.63) is 59.9 Å². The van der Waals surface area contributed by atoms with E-state index in [9.17, 15) is 5.11 Å². The lowest BCUT2D eigenvalue weighted by molar-refractivity contribution is 0.0543. The van der Waals surface area contributed by atoms with Crippen molar-refractivity contribution >= 4 is 10.8 Å². The molecule has 25 heavy (non-hydrogen) atoms. The van der Waals surface area contributed by atoms with Gasteiger partial charge >= 0.3 is 0 Å². The number of fused-ring (bicyclic) bond motifs is 1. The molecule has 0 aliphatic carbocycles. The molecule has 1 heterocycles. The standard InChI is InChI=1S/C20H25N3O2/c1-14(21-13-20(2,24)18-11-22-23(3)12-18)15-5-6-17-10-19(25-4)8-7-16(17)9-15/h5-12,14,21,24H,13H2,1-4H3. The molecule has 0 radical (unpaired) electrons. The molecule has 5 heteroatoms. The van der Waals surface area contributed by atoms with E-state index < -0.39 is 5.60 Å². The molecule has 0 spiro atoms. The fourth-order valence-corrected chi connectivity index (χ4v) is 2.91. The summed E-state index contributed by atoms with van der Waals surface area (Å²) in [7, 11) is 3.52. The topological polar surface area (TPSA) is 59.3 Å². The summed E-state index contributed by atoms with van der Waals surface area (Å²) < 4.78 is 6.97. The van der Waals surface area contributed by atoms with E-state index in [1.54, 1.807) is 24.9 Å². The van der Waals surface area contributed by atoms with Crippen molar-refractivity contribution in [2.24, 2.45) is 7.05 Å². The first-order valence-corrected chi connectivity index (χ1v) is 8.41. The maximum absolute atomic E-state index is 10.7. The van der Waals surface area contributed by atoms with Crippen LogP contribution in [0.25, 0.3) is 10.8 Å². The lowest BCUT2D eigenvalue weighted by Gasteiger charge is -2.25. The molecular formula is C20H25N3O2. The first-order valence-electron chi connectivity index (χ1n) is 8.41. The molecule has 0 saturated carbocycles. The van der Waals surface area contributed by atoms with Gasteiger partial charge in [0.2, 0.25) is 0 Å². The van der Waals surface area contributed by atoms with Crippen molar-refractivity contribution in [3.8, 4) is 5.75 Å². The molecule has 2 unspecified atom stereocenters. The van der Waals surface area contributed by atoms with Crippen molar-refractivity contribution in [1.29, 1.82) is 0 Å². The van der Waals surface area contributed by atoms with Crippen LogP contribution in [0.5, 0.6) is 5.75 Å². The molecule has 3 rings (SSSR count). The quantitative estimate of drug-likeness (QED) is 0.724. The second-order valence-corrected chi connectivity index (χ2v) is 6.75. The minimum absolute atomic E-state index is 0.120. The van der Waals surface area contributed by atoms with Gasteiger partial charge in [-0.15, -0.1) is 0 Å². The lowest BCUT2D eigenvalue weighted by atomic mass is 9.98. The zero-order valence-electron chi connectivity index (χ0n) is 15.2. The minimum atomic E-state index is -0.966. The number of aromatic nitrogens is 2. The second-order valence-electron chi connectivity index (χ2n) is 6.75. The van der Waals surface area contributed by atoms with E-state index in [-0.39, 0.29) is 6.04 Å². The Labute approximate surface area is 148 Å². The van der Waals surface area contributed by atoms with Gasteiger partial charge in [-0.1, -0.05) is 18.2 Å². The van der Waals surface area contributed by atoms with Gasteiger partial charge in [-0.2, -0.15) is 5.10 Å². The number of hydrogen-bond donors (Lipinski definition) is 2. The molecule has 0 saturated heterocycles. The van der Waals surface area contributed by atoms with E-state index in [0.29, 0.717) is 6.54 Å². The van der Waals surface area contributed by atoms with E-state index in [2.05, 4.69) is 41.6 Å². The van der Waals surface area contributed by atoms with Crippen molar-refractivity contribution in [2.75, 3.05) is 13.7 Å². The number of nitrogens with zero attached hydrogens (tertiary/aromatic N) is 2. The van der Waals surface area contributed by atoms with Gasteiger partial charge in [0.05, 0.1) is 13.3 Å². The normalized spacial score (nSPS) is 15.1. The third-order valence-electron chi connectivity index (χ3n) is 4.65. The van der Waals surface area contributed by atoms with Gasteiger partial charge in [0.15, 0.2) is 0 Å². The second kappa shape index (κ2) is 6.86. The lowest BCUT2D eigenvalue weighted by Crippen LogP contribution is -2.36. The highest BCUT2D eigenvalue weighted by Gasteiger charge is 2.25. The highest BCUT2D eigenvalue weighted by molar-refractivity contribution is 5.84. The zero-order chi connectivity index (χ0) is 18.0. The molecule has 2 N–H and O–H groups in total. The van der Waals surface area contributed by atoms with Crippen LogP contribution < -0.4 is 10.1 Å². The fourth-order valence-electron chi connectivity index (χ4n) is 2.91. The molecule has 0 bridgehead atoms. The van der Waals surface area contributed by atoms with E-state index in [1.165, 1.54) is 10.9 Å². The van der Waals surface area contributed by atoms with Crippen LogP contribution in [0, 0.1) is 0 Å². The summed E-state index contributed by atoms with van der Waals surface area (Å²) >= 11 is 0. The molecule has 0 aliphatic heterocycles. The monoisotopic (exact) mass is 339 g/mol. The average Bonchev–Trinajstić information content (AvgIpc) is 3.06. The maximum atomic E-state index is 10.7. The van der Waals surface area contributed by atoms with Gasteiger partial charge < -0.3 is 15.2 Å². The molecule has 0 amide bonds. The number of aliphatic hydroxyl groups is 1. The number of aryl methyl sites for hydroxylation is 1. The summed E-state index contributed by atoms with van der Waals surface area (Å²) in [4.78, 5) is 0. The number of methoxy groups -OCH3 is 1. The summed E-state index contributed by atoms with van der Waals surface area (Å²) in [5.41, 5.74) is 1.02. The number of benzene rings is 2. The Morgan fingerprint density at radius 3 is 2.64 bits per heavy atom. The van der Waals surface area contributed by atoms with E-state index in [4.69, 9.17) is 4.74 Å². The zero-order valence-corrected chi connectivity index (χ0v) is 15.2. The third-order valence-corrected chi connectivity index (χ3v) is 4.65. The van der Waals surface area contributed by atoms with Crippen LogP contribution in [0.2, 0.25) is 0 Å². The first-order chi connectivity index (χ1) is 11.9. The van der Waals surface area contributed by atoms with Crippen molar-refractivity contribution in [3.63, 3.8) is 0 Å². The van der Waals surface area contributed by atoms with Crippen LogP contribution >= 0.6 is 0 Å². The third kappa shape index (κ3) is 3.83. The van der Waals surface area contributed by atoms with Gasteiger partial charge in [0.25, 0.3) is 0 Å². The summed E-state index contributed by atoms with van der Waals surface area (Å²) in [6.45, 7) is 4.35. The highest BCUT2D eigenvalue weighted by Crippen LogP contribution is 2.25. The Morgan fingerprint density at radius 1 is 1.24 bits per heavy atom. The Morgan fingerprint density at radius 2 is 1.96 bits per heavy atom. The van der Waals surface area contributed by atoms with E-state index in [1.807, 2.05) is 25.4 Å². The van der Waals surface area contributed by atoms with Crippen molar-refractivity contribution in [1.82, 2.24) is 15.1 Å². The predicted molar refractivity (Wildman–Crippen MR) is 99.7 cm³/mol. The van der Waals surface area contributed by atoms with Crippen LogP contribution in [0.4, 0.5) is 0 Å². The Bertz CT molecular complexity index is 870. The van der Waals surface area contributed by atoms with E-state index in [0.717, 1.165) is 16.7 Å². The molecule has 1 aromatic heterocycles. The van der Waals surface area contributed by atoms with Crippen LogP contribution in [0.3, 0.4) is 0 Å². The van der Waals surface area contributed by atoms with Crippen LogP contribution in [0.15, 0.2) is 48.8 Å². The molecule has 0 fully saturated rings. The first kappa shape index (κ1) is 17.5. The molecule has 132 valence electrons. The summed E-state index contributed by atoms with van der Waals surface area (Å²) in [5.74, 6) is 0.860. The maximum Gasteiger partial charge on any atom is 0.119 e. The Hall–Kier alpha value is -2.37. The van der Waals surface area contributed by atoms with Gasteiger partial charge in [-0.05, 0) is 48.4 Å². The Kier molecular flexibility index (Phi) is 4.79. The predicted octanol–water partition coefficient (Wildman–Crippen LogP) is 3.14. The average molecular weight is 339 g/mol. The summed E-state index contributed by atoms with van der Waals surface area (Å²) in [6, 6.07) is 12.6. The fraction of sp³-hybridized carbons (Fsp3) is 0.350. The number of nitrogens with one attached hydrogen (secondary N) is 1. The van der Waals surface area contributed by atoms with Gasteiger partial charge in [-0.3, -0.25) is 4.68 Å².